The maximum atomic E-state index is 12.6. The number of hydrogen-bond acceptors (Lipinski definition) is 4. The normalized spacial score (nSPS) is 10.5. The summed E-state index contributed by atoms with van der Waals surface area (Å²) in [5, 5.41) is 6.67. The van der Waals surface area contributed by atoms with Gasteiger partial charge in [0.1, 0.15) is 11.3 Å². The number of hydrogen-bond donors (Lipinski definition) is 1. The first kappa shape index (κ1) is 15.8. The summed E-state index contributed by atoms with van der Waals surface area (Å²) in [6, 6.07) is 13.2. The van der Waals surface area contributed by atoms with Crippen molar-refractivity contribution in [3.8, 4) is 17.1 Å². The molecular weight excluding hydrogens is 304 g/mol. The van der Waals surface area contributed by atoms with E-state index in [0.29, 0.717) is 11.3 Å². The highest BCUT2D eigenvalue weighted by molar-refractivity contribution is 6.07. The van der Waals surface area contributed by atoms with Crippen LogP contribution >= 0.6 is 0 Å². The van der Waals surface area contributed by atoms with Crippen molar-refractivity contribution in [1.82, 2.24) is 5.16 Å². The van der Waals surface area contributed by atoms with Crippen LogP contribution in [0.2, 0.25) is 0 Å². The molecule has 122 valence electrons. The van der Waals surface area contributed by atoms with Crippen LogP contribution in [-0.2, 0) is 0 Å². The molecule has 0 saturated carbocycles. The van der Waals surface area contributed by atoms with Gasteiger partial charge < -0.3 is 14.6 Å². The van der Waals surface area contributed by atoms with Crippen molar-refractivity contribution in [2.45, 2.75) is 13.8 Å². The number of rotatable bonds is 4. The summed E-state index contributed by atoms with van der Waals surface area (Å²) in [7, 11) is 1.60. The highest BCUT2D eigenvalue weighted by Gasteiger charge is 2.18. The summed E-state index contributed by atoms with van der Waals surface area (Å²) in [5.74, 6) is 0.908. The van der Waals surface area contributed by atoms with Crippen LogP contribution in [0.25, 0.3) is 11.3 Å². The Morgan fingerprint density at radius 2 is 1.75 bits per heavy atom. The number of ether oxygens (including phenoxy) is 1. The Bertz CT molecular complexity index is 846. The molecule has 0 aliphatic heterocycles. The number of benzene rings is 2. The summed E-state index contributed by atoms with van der Waals surface area (Å²) < 4.78 is 10.4. The second-order valence-corrected chi connectivity index (χ2v) is 5.63. The molecule has 0 saturated heterocycles. The number of aromatic nitrogens is 1. The van der Waals surface area contributed by atoms with Crippen molar-refractivity contribution in [1.29, 1.82) is 0 Å². The van der Waals surface area contributed by atoms with E-state index in [0.717, 1.165) is 28.1 Å². The predicted octanol–water partition coefficient (Wildman–Crippen LogP) is 4.22. The lowest BCUT2D eigenvalue weighted by Gasteiger charge is -2.07. The van der Waals surface area contributed by atoms with Crippen molar-refractivity contribution in [2.24, 2.45) is 0 Å². The first-order valence-electron chi connectivity index (χ1n) is 7.55. The molecule has 1 amide bonds. The van der Waals surface area contributed by atoms with Gasteiger partial charge in [0, 0.05) is 11.3 Å². The molecule has 24 heavy (non-hydrogen) atoms. The largest absolute Gasteiger partial charge is 0.497 e. The van der Waals surface area contributed by atoms with Gasteiger partial charge in [-0.1, -0.05) is 11.2 Å². The summed E-state index contributed by atoms with van der Waals surface area (Å²) in [5.41, 5.74) is 4.08. The standard InChI is InChI=1S/C19H18N2O3/c1-12-8-13(2)10-15(9-12)21-19(22)17-11-20-24-18(17)14-4-6-16(23-3)7-5-14/h4-11H,1-3H3,(H,21,22). The van der Waals surface area contributed by atoms with Crippen molar-refractivity contribution < 1.29 is 14.1 Å². The van der Waals surface area contributed by atoms with Crippen LogP contribution in [-0.4, -0.2) is 18.2 Å². The molecule has 1 heterocycles. The maximum absolute atomic E-state index is 12.6. The minimum absolute atomic E-state index is 0.257. The Hall–Kier alpha value is -3.08. The Kier molecular flexibility index (Phi) is 4.33. The van der Waals surface area contributed by atoms with E-state index in [4.69, 9.17) is 9.26 Å². The van der Waals surface area contributed by atoms with Gasteiger partial charge >= 0.3 is 0 Å². The molecule has 5 nitrogen and oxygen atoms in total. The fraction of sp³-hybridized carbons (Fsp3) is 0.158. The average Bonchev–Trinajstić information content (AvgIpc) is 3.03. The zero-order valence-electron chi connectivity index (χ0n) is 13.8. The molecule has 5 heteroatoms. The third kappa shape index (κ3) is 3.30. The van der Waals surface area contributed by atoms with Crippen molar-refractivity contribution in [3.63, 3.8) is 0 Å². The molecular formula is C19H18N2O3. The number of nitrogens with zero attached hydrogens (tertiary/aromatic N) is 1. The summed E-state index contributed by atoms with van der Waals surface area (Å²) >= 11 is 0. The first-order valence-corrected chi connectivity index (χ1v) is 7.55. The summed E-state index contributed by atoms with van der Waals surface area (Å²) in [6.45, 7) is 3.98. The van der Waals surface area contributed by atoms with Crippen LogP contribution in [0, 0.1) is 13.8 Å². The second kappa shape index (κ2) is 6.58. The van der Waals surface area contributed by atoms with Gasteiger partial charge in [0.05, 0.1) is 13.3 Å². The predicted molar refractivity (Wildman–Crippen MR) is 92.4 cm³/mol. The van der Waals surface area contributed by atoms with Gasteiger partial charge in [0.2, 0.25) is 0 Å². The average molecular weight is 322 g/mol. The molecule has 0 bridgehead atoms. The van der Waals surface area contributed by atoms with E-state index in [2.05, 4.69) is 16.5 Å². The van der Waals surface area contributed by atoms with Crippen LogP contribution in [0.15, 0.2) is 53.2 Å². The molecule has 0 radical (unpaired) electrons. The maximum Gasteiger partial charge on any atom is 0.261 e. The molecule has 1 N–H and O–H groups in total. The van der Waals surface area contributed by atoms with E-state index in [1.165, 1.54) is 6.20 Å². The first-order chi connectivity index (χ1) is 11.6. The molecule has 3 aromatic rings. The quantitative estimate of drug-likeness (QED) is 0.781. The van der Waals surface area contributed by atoms with Gasteiger partial charge in [-0.25, -0.2) is 0 Å². The van der Waals surface area contributed by atoms with Gasteiger partial charge in [-0.3, -0.25) is 4.79 Å². The van der Waals surface area contributed by atoms with Crippen LogP contribution in [0.3, 0.4) is 0 Å². The minimum Gasteiger partial charge on any atom is -0.497 e. The zero-order valence-corrected chi connectivity index (χ0v) is 13.8. The van der Waals surface area contributed by atoms with Gasteiger partial charge in [-0.2, -0.15) is 0 Å². The lowest BCUT2D eigenvalue weighted by atomic mass is 10.1. The summed E-state index contributed by atoms with van der Waals surface area (Å²) in [6.07, 6.45) is 1.43. The van der Waals surface area contributed by atoms with Gasteiger partial charge in [0.15, 0.2) is 5.76 Å². The molecule has 0 fully saturated rings. The van der Waals surface area contributed by atoms with Gasteiger partial charge in [0.25, 0.3) is 5.91 Å². The second-order valence-electron chi connectivity index (χ2n) is 5.63. The molecule has 0 aliphatic rings. The number of aryl methyl sites for hydroxylation is 2. The third-order valence-corrected chi connectivity index (χ3v) is 3.65. The number of nitrogens with one attached hydrogen (secondary N) is 1. The third-order valence-electron chi connectivity index (χ3n) is 3.65. The molecule has 1 aromatic heterocycles. The van der Waals surface area contributed by atoms with Crippen LogP contribution < -0.4 is 10.1 Å². The van der Waals surface area contributed by atoms with E-state index in [9.17, 15) is 4.79 Å². The highest BCUT2D eigenvalue weighted by Crippen LogP contribution is 2.26. The molecule has 0 unspecified atom stereocenters. The SMILES string of the molecule is COc1ccc(-c2oncc2C(=O)Nc2cc(C)cc(C)c2)cc1. The fourth-order valence-corrected chi connectivity index (χ4v) is 2.60. The van der Waals surface area contributed by atoms with E-state index in [-0.39, 0.29) is 5.91 Å². The minimum atomic E-state index is -0.257. The molecule has 2 aromatic carbocycles. The van der Waals surface area contributed by atoms with Crippen molar-refractivity contribution in [3.05, 3.63) is 65.4 Å². The molecule has 3 rings (SSSR count). The van der Waals surface area contributed by atoms with Crippen molar-refractivity contribution >= 4 is 11.6 Å². The van der Waals surface area contributed by atoms with Crippen LogP contribution in [0.1, 0.15) is 21.5 Å². The Labute approximate surface area is 140 Å². The fourth-order valence-electron chi connectivity index (χ4n) is 2.60. The zero-order chi connectivity index (χ0) is 17.1. The number of carbonyl (C=O) groups is 1. The lowest BCUT2D eigenvalue weighted by Crippen LogP contribution is -2.12. The number of anilines is 1. The molecule has 0 aliphatic carbocycles. The Balaban J connectivity index is 1.87. The van der Waals surface area contributed by atoms with Crippen LogP contribution in [0.4, 0.5) is 5.69 Å². The van der Waals surface area contributed by atoms with Crippen molar-refractivity contribution in [2.75, 3.05) is 12.4 Å². The number of carbonyl (C=O) groups excluding carboxylic acids is 1. The van der Waals surface area contributed by atoms with Gasteiger partial charge in [-0.05, 0) is 61.4 Å². The highest BCUT2D eigenvalue weighted by atomic mass is 16.5. The van der Waals surface area contributed by atoms with Crippen LogP contribution in [0.5, 0.6) is 5.75 Å². The summed E-state index contributed by atoms with van der Waals surface area (Å²) in [4.78, 5) is 12.6. The number of methoxy groups -OCH3 is 1. The van der Waals surface area contributed by atoms with Gasteiger partial charge in [-0.15, -0.1) is 0 Å². The Morgan fingerprint density at radius 3 is 2.38 bits per heavy atom. The van der Waals surface area contributed by atoms with E-state index >= 15 is 0 Å². The van der Waals surface area contributed by atoms with E-state index in [1.807, 2.05) is 50.2 Å². The smallest absolute Gasteiger partial charge is 0.261 e. The Morgan fingerprint density at radius 1 is 1.08 bits per heavy atom. The number of amides is 1. The van der Waals surface area contributed by atoms with E-state index < -0.39 is 0 Å². The monoisotopic (exact) mass is 322 g/mol. The molecule has 0 spiro atoms. The topological polar surface area (TPSA) is 64.4 Å². The molecule has 0 atom stereocenters. The van der Waals surface area contributed by atoms with E-state index in [1.54, 1.807) is 7.11 Å². The lowest BCUT2D eigenvalue weighted by molar-refractivity contribution is 0.102.